The first kappa shape index (κ1) is 18.2. The monoisotopic (exact) mass is 362 g/mol. The third-order valence-electron chi connectivity index (χ3n) is 4.37. The molecule has 0 saturated carbocycles. The minimum atomic E-state index is -0.0222. The van der Waals surface area contributed by atoms with Gasteiger partial charge in [-0.15, -0.1) is 0 Å². The van der Waals surface area contributed by atoms with E-state index in [4.69, 9.17) is 16.6 Å². The van der Waals surface area contributed by atoms with E-state index in [1.807, 2.05) is 30.3 Å². The van der Waals surface area contributed by atoms with Gasteiger partial charge in [0, 0.05) is 54.8 Å². The summed E-state index contributed by atoms with van der Waals surface area (Å²) in [6.45, 7) is 0.552. The lowest BCUT2D eigenvalue weighted by Crippen LogP contribution is -2.11. The molecule has 1 heterocycles. The maximum absolute atomic E-state index is 11.8. The van der Waals surface area contributed by atoms with Crippen molar-refractivity contribution in [3.63, 3.8) is 0 Å². The van der Waals surface area contributed by atoms with E-state index in [1.54, 1.807) is 19.3 Å². The zero-order valence-corrected chi connectivity index (χ0v) is 15.0. The average molecular weight is 362 g/mol. The molecule has 0 spiro atoms. The molecule has 0 bridgehead atoms. The number of anilines is 3. The quantitative estimate of drug-likeness (QED) is 0.361. The summed E-state index contributed by atoms with van der Waals surface area (Å²) in [6.07, 6.45) is 3.12. The summed E-state index contributed by atoms with van der Waals surface area (Å²) < 4.78 is 0. The second kappa shape index (κ2) is 7.74. The number of amides is 1. The summed E-state index contributed by atoms with van der Waals surface area (Å²) >= 11 is 0. The van der Waals surface area contributed by atoms with E-state index in [0.29, 0.717) is 29.8 Å². The van der Waals surface area contributed by atoms with Crippen molar-refractivity contribution < 1.29 is 4.79 Å². The maximum Gasteiger partial charge on any atom is 0.226 e. The Balaban J connectivity index is 2.09. The topological polar surface area (TPSA) is 127 Å². The Labute approximate surface area is 157 Å². The molecule has 2 aromatic rings. The van der Waals surface area contributed by atoms with Gasteiger partial charge in [0.15, 0.2) is 0 Å². The fraction of sp³-hybridized carbons (Fsp3) is 0.150. The van der Waals surface area contributed by atoms with Crippen LogP contribution in [-0.2, 0) is 4.79 Å². The zero-order chi connectivity index (χ0) is 19.4. The Bertz CT molecular complexity index is 947. The van der Waals surface area contributed by atoms with Crippen molar-refractivity contribution in [1.82, 2.24) is 5.32 Å². The third kappa shape index (κ3) is 3.67. The largest absolute Gasteiger partial charge is 0.398 e. The van der Waals surface area contributed by atoms with Crippen molar-refractivity contribution in [3.05, 3.63) is 53.7 Å². The van der Waals surface area contributed by atoms with E-state index in [-0.39, 0.29) is 11.6 Å². The molecule has 7 nitrogen and oxygen atoms in total. The van der Waals surface area contributed by atoms with Gasteiger partial charge in [0.05, 0.1) is 17.1 Å². The molecule has 2 aromatic carbocycles. The zero-order valence-electron chi connectivity index (χ0n) is 15.0. The fourth-order valence-electron chi connectivity index (χ4n) is 3.04. The number of allylic oxidation sites excluding steroid dienone is 1. The Morgan fingerprint density at radius 1 is 1.30 bits per heavy atom. The van der Waals surface area contributed by atoms with E-state index >= 15 is 0 Å². The number of nitrogens with two attached hydrogens (primary N) is 1. The lowest BCUT2D eigenvalue weighted by molar-refractivity contribution is -0.115. The number of nitrogens with one attached hydrogen (secondary N) is 5. The van der Waals surface area contributed by atoms with Crippen LogP contribution in [-0.4, -0.2) is 31.4 Å². The summed E-state index contributed by atoms with van der Waals surface area (Å²) in [5, 5.41) is 25.0. The highest BCUT2D eigenvalue weighted by atomic mass is 16.1. The fourth-order valence-corrected chi connectivity index (χ4v) is 3.04. The highest BCUT2D eigenvalue weighted by Gasteiger charge is 2.17. The predicted molar refractivity (Wildman–Crippen MR) is 111 cm³/mol. The molecule has 0 fully saturated rings. The summed E-state index contributed by atoms with van der Waals surface area (Å²) in [5.41, 5.74) is 11.1. The van der Waals surface area contributed by atoms with Crippen LogP contribution in [0.25, 0.3) is 11.1 Å². The van der Waals surface area contributed by atoms with Crippen molar-refractivity contribution in [2.24, 2.45) is 0 Å². The van der Waals surface area contributed by atoms with Gasteiger partial charge in [0.25, 0.3) is 0 Å². The Morgan fingerprint density at radius 3 is 2.85 bits per heavy atom. The number of carbonyl (C=O) groups excluding carboxylic acids is 1. The molecule has 1 aliphatic rings. The first-order chi connectivity index (χ1) is 13.0. The van der Waals surface area contributed by atoms with Crippen LogP contribution in [0.2, 0.25) is 0 Å². The Kier molecular flexibility index (Phi) is 5.21. The molecule has 0 atom stereocenters. The standard InChI is InChI=1S/C20H22N6O/c1-24-11-13(10-21)19(23)15-9-12(5-6-16(15)22)14-3-2-4-17-20(14)25-8-7-18(27)26-17/h2-6,9-11,21,23-25H,7-8,22H2,1H3,(H,26,27)/b13-11+,21-10?,23-19?. The molecule has 7 heteroatoms. The highest BCUT2D eigenvalue weighted by Crippen LogP contribution is 2.36. The molecule has 0 aromatic heterocycles. The van der Waals surface area contributed by atoms with Crippen LogP contribution in [0, 0.1) is 10.8 Å². The van der Waals surface area contributed by atoms with E-state index in [9.17, 15) is 4.79 Å². The van der Waals surface area contributed by atoms with Gasteiger partial charge in [-0.2, -0.15) is 0 Å². The number of nitrogen functional groups attached to an aromatic ring is 1. The number of hydrogen-bond acceptors (Lipinski definition) is 6. The van der Waals surface area contributed by atoms with E-state index in [1.165, 1.54) is 0 Å². The van der Waals surface area contributed by atoms with E-state index in [2.05, 4.69) is 16.0 Å². The van der Waals surface area contributed by atoms with Crippen molar-refractivity contribution in [1.29, 1.82) is 10.8 Å². The van der Waals surface area contributed by atoms with Crippen molar-refractivity contribution in [2.75, 3.05) is 30.0 Å². The summed E-state index contributed by atoms with van der Waals surface area (Å²) in [7, 11) is 1.72. The van der Waals surface area contributed by atoms with Crippen LogP contribution in [0.3, 0.4) is 0 Å². The predicted octanol–water partition coefficient (Wildman–Crippen LogP) is 2.81. The Morgan fingerprint density at radius 2 is 2.11 bits per heavy atom. The van der Waals surface area contributed by atoms with Gasteiger partial charge in [-0.25, -0.2) is 0 Å². The van der Waals surface area contributed by atoms with Crippen LogP contribution >= 0.6 is 0 Å². The van der Waals surface area contributed by atoms with Gasteiger partial charge in [-0.3, -0.25) is 10.2 Å². The second-order valence-corrected chi connectivity index (χ2v) is 6.16. The molecule has 1 aliphatic heterocycles. The molecule has 3 rings (SSSR count). The van der Waals surface area contributed by atoms with Crippen LogP contribution in [0.5, 0.6) is 0 Å². The Hall–Kier alpha value is -3.61. The van der Waals surface area contributed by atoms with Gasteiger partial charge >= 0.3 is 0 Å². The maximum atomic E-state index is 11.8. The SMILES string of the molecule is CN/C=C(\C=N)C(=N)c1cc(-c2cccc3c2NCCC(=O)N3)ccc1N. The average Bonchev–Trinajstić information content (AvgIpc) is 2.86. The smallest absolute Gasteiger partial charge is 0.226 e. The lowest BCUT2D eigenvalue weighted by atomic mass is 9.95. The van der Waals surface area contributed by atoms with Crippen LogP contribution in [0.4, 0.5) is 17.1 Å². The molecular weight excluding hydrogens is 340 g/mol. The van der Waals surface area contributed by atoms with Gasteiger partial charge in [-0.05, 0) is 23.8 Å². The normalized spacial score (nSPS) is 13.7. The summed E-state index contributed by atoms with van der Waals surface area (Å²) in [6, 6.07) is 11.2. The van der Waals surface area contributed by atoms with Crippen LogP contribution in [0.1, 0.15) is 12.0 Å². The molecule has 1 amide bonds. The number of rotatable bonds is 5. The number of benzene rings is 2. The van der Waals surface area contributed by atoms with E-state index in [0.717, 1.165) is 28.7 Å². The van der Waals surface area contributed by atoms with E-state index < -0.39 is 0 Å². The molecular formula is C20H22N6O. The van der Waals surface area contributed by atoms with Gasteiger partial charge in [0.2, 0.25) is 5.91 Å². The molecule has 0 aliphatic carbocycles. The first-order valence-corrected chi connectivity index (χ1v) is 8.59. The van der Waals surface area contributed by atoms with Crippen molar-refractivity contribution in [2.45, 2.75) is 6.42 Å². The summed E-state index contributed by atoms with van der Waals surface area (Å²) in [4.78, 5) is 11.8. The molecule has 27 heavy (non-hydrogen) atoms. The third-order valence-corrected chi connectivity index (χ3v) is 4.37. The molecule has 7 N–H and O–H groups in total. The molecule has 0 saturated heterocycles. The number of carbonyl (C=O) groups is 1. The lowest BCUT2D eigenvalue weighted by Gasteiger charge is -2.16. The molecule has 0 unspecified atom stereocenters. The van der Waals surface area contributed by atoms with Crippen LogP contribution < -0.4 is 21.7 Å². The van der Waals surface area contributed by atoms with Gasteiger partial charge in [0.1, 0.15) is 0 Å². The van der Waals surface area contributed by atoms with Crippen molar-refractivity contribution >= 4 is 34.9 Å². The highest BCUT2D eigenvalue weighted by molar-refractivity contribution is 6.24. The minimum absolute atomic E-state index is 0.0222. The van der Waals surface area contributed by atoms with Gasteiger partial charge in [-0.1, -0.05) is 18.2 Å². The number of para-hydroxylation sites is 1. The minimum Gasteiger partial charge on any atom is -0.398 e. The number of fused-ring (bicyclic) bond motifs is 1. The second-order valence-electron chi connectivity index (χ2n) is 6.16. The van der Waals surface area contributed by atoms with Crippen molar-refractivity contribution in [3.8, 4) is 11.1 Å². The molecule has 0 radical (unpaired) electrons. The van der Waals surface area contributed by atoms with Crippen LogP contribution in [0.15, 0.2) is 48.2 Å². The number of hydrogen-bond donors (Lipinski definition) is 6. The van der Waals surface area contributed by atoms with Gasteiger partial charge < -0.3 is 27.1 Å². The first-order valence-electron chi connectivity index (χ1n) is 8.59. The summed E-state index contributed by atoms with van der Waals surface area (Å²) in [5.74, 6) is -0.0222. The molecule has 138 valence electrons.